The number of nitrogens with one attached hydrogen (secondary N) is 1. The molecule has 2 aromatic carbocycles. The third-order valence-corrected chi connectivity index (χ3v) is 4.42. The van der Waals surface area contributed by atoms with Gasteiger partial charge >= 0.3 is 0 Å². The van der Waals surface area contributed by atoms with E-state index >= 15 is 0 Å². The molecule has 0 saturated carbocycles. The lowest BCUT2D eigenvalue weighted by Gasteiger charge is -2.09. The van der Waals surface area contributed by atoms with E-state index in [1.54, 1.807) is 7.11 Å². The number of nitrogens with zero attached hydrogens (tertiary/aromatic N) is 3. The highest BCUT2D eigenvalue weighted by molar-refractivity contribution is 5.62. The third kappa shape index (κ3) is 4.96. The van der Waals surface area contributed by atoms with E-state index in [-0.39, 0.29) is 0 Å². The lowest BCUT2D eigenvalue weighted by atomic mass is 10.1. The van der Waals surface area contributed by atoms with Crippen LogP contribution in [0.25, 0.3) is 11.3 Å². The Bertz CT molecular complexity index is 896. The van der Waals surface area contributed by atoms with E-state index in [0.29, 0.717) is 13.0 Å². The van der Waals surface area contributed by atoms with Gasteiger partial charge in [-0.25, -0.2) is 0 Å². The molecule has 0 spiro atoms. The molecule has 5 heteroatoms. The number of methoxy groups -OCH3 is 1. The monoisotopic (exact) mass is 360 g/mol. The molecule has 0 fully saturated rings. The number of rotatable bonds is 9. The minimum absolute atomic E-state index is 0.455. The lowest BCUT2D eigenvalue weighted by molar-refractivity contribution is 0.409. The van der Waals surface area contributed by atoms with Crippen molar-refractivity contribution in [3.8, 4) is 23.1 Å². The second kappa shape index (κ2) is 9.56. The zero-order valence-electron chi connectivity index (χ0n) is 15.6. The van der Waals surface area contributed by atoms with Crippen molar-refractivity contribution >= 4 is 0 Å². The molecule has 1 N–H and O–H groups in total. The molecule has 0 aliphatic carbocycles. The van der Waals surface area contributed by atoms with Crippen molar-refractivity contribution in [1.29, 1.82) is 5.26 Å². The van der Waals surface area contributed by atoms with E-state index in [2.05, 4.69) is 34.7 Å². The molecule has 0 amide bonds. The average Bonchev–Trinajstić information content (AvgIpc) is 3.13. The van der Waals surface area contributed by atoms with Gasteiger partial charge in [-0.2, -0.15) is 10.4 Å². The first-order valence-electron chi connectivity index (χ1n) is 9.13. The summed E-state index contributed by atoms with van der Waals surface area (Å²) >= 11 is 0. The van der Waals surface area contributed by atoms with Crippen LogP contribution >= 0.6 is 0 Å². The predicted molar refractivity (Wildman–Crippen MR) is 106 cm³/mol. The van der Waals surface area contributed by atoms with E-state index in [0.717, 1.165) is 42.1 Å². The Morgan fingerprint density at radius 2 is 1.85 bits per heavy atom. The summed E-state index contributed by atoms with van der Waals surface area (Å²) in [5, 5.41) is 17.0. The first kappa shape index (κ1) is 18.7. The van der Waals surface area contributed by atoms with Crippen LogP contribution in [-0.4, -0.2) is 23.4 Å². The maximum atomic E-state index is 8.83. The zero-order chi connectivity index (χ0) is 18.9. The van der Waals surface area contributed by atoms with Gasteiger partial charge < -0.3 is 10.1 Å². The van der Waals surface area contributed by atoms with Crippen molar-refractivity contribution < 1.29 is 4.74 Å². The highest BCUT2D eigenvalue weighted by atomic mass is 16.5. The van der Waals surface area contributed by atoms with Crippen molar-refractivity contribution in [2.45, 2.75) is 25.9 Å². The molecule has 0 aliphatic heterocycles. The van der Waals surface area contributed by atoms with Crippen molar-refractivity contribution in [1.82, 2.24) is 15.1 Å². The number of aromatic nitrogens is 2. The maximum Gasteiger partial charge on any atom is 0.122 e. The first-order chi connectivity index (χ1) is 13.3. The molecule has 3 rings (SSSR count). The minimum Gasteiger partial charge on any atom is -0.496 e. The van der Waals surface area contributed by atoms with Crippen LogP contribution in [0.15, 0.2) is 60.8 Å². The van der Waals surface area contributed by atoms with E-state index in [1.165, 1.54) is 5.56 Å². The molecule has 0 unspecified atom stereocenters. The van der Waals surface area contributed by atoms with Gasteiger partial charge in [0, 0.05) is 23.9 Å². The van der Waals surface area contributed by atoms with E-state index in [9.17, 15) is 0 Å². The molecule has 138 valence electrons. The van der Waals surface area contributed by atoms with Gasteiger partial charge in [0.15, 0.2) is 0 Å². The summed E-state index contributed by atoms with van der Waals surface area (Å²) in [5.74, 6) is 0.925. The van der Waals surface area contributed by atoms with E-state index in [4.69, 9.17) is 10.00 Å². The van der Waals surface area contributed by atoms with Gasteiger partial charge in [0.05, 0.1) is 31.8 Å². The summed E-state index contributed by atoms with van der Waals surface area (Å²) < 4.78 is 7.27. The SMILES string of the molecule is COc1ccccc1CCNCc1cn(CCC#N)nc1-c1ccccc1. The third-order valence-electron chi connectivity index (χ3n) is 4.42. The fraction of sp³-hybridized carbons (Fsp3) is 0.273. The molecular formula is C22H24N4O. The van der Waals surface area contributed by atoms with Gasteiger partial charge in [-0.15, -0.1) is 0 Å². The van der Waals surface area contributed by atoms with Crippen LogP contribution in [0.4, 0.5) is 0 Å². The van der Waals surface area contributed by atoms with Crippen molar-refractivity contribution in [3.63, 3.8) is 0 Å². The maximum absolute atomic E-state index is 8.83. The summed E-state index contributed by atoms with van der Waals surface area (Å²) in [6.07, 6.45) is 3.39. The fourth-order valence-corrected chi connectivity index (χ4v) is 3.07. The molecule has 1 aromatic heterocycles. The number of benzene rings is 2. The Labute approximate surface area is 160 Å². The van der Waals surface area contributed by atoms with Crippen LogP contribution < -0.4 is 10.1 Å². The Morgan fingerprint density at radius 3 is 2.63 bits per heavy atom. The Kier molecular flexibility index (Phi) is 6.61. The fourth-order valence-electron chi connectivity index (χ4n) is 3.07. The Balaban J connectivity index is 1.66. The number of para-hydroxylation sites is 1. The highest BCUT2D eigenvalue weighted by Crippen LogP contribution is 2.22. The van der Waals surface area contributed by atoms with Crippen LogP contribution in [-0.2, 0) is 19.5 Å². The summed E-state index contributed by atoms with van der Waals surface area (Å²) in [7, 11) is 1.70. The molecule has 0 bridgehead atoms. The Hall–Kier alpha value is -3.10. The van der Waals surface area contributed by atoms with Gasteiger partial charge in [0.1, 0.15) is 5.75 Å². The van der Waals surface area contributed by atoms with Crippen LogP contribution in [0.2, 0.25) is 0 Å². The summed E-state index contributed by atoms with van der Waals surface area (Å²) in [6, 6.07) is 20.4. The topological polar surface area (TPSA) is 62.9 Å². The number of ether oxygens (including phenoxy) is 1. The van der Waals surface area contributed by atoms with Crippen LogP contribution in [0, 0.1) is 11.3 Å². The molecule has 3 aromatic rings. The standard InChI is InChI=1S/C22H24N4O/c1-27-21-11-6-5-8-18(21)12-14-24-16-20-17-26(15-7-13-23)25-22(20)19-9-3-2-4-10-19/h2-6,8-11,17,24H,7,12,14-16H2,1H3. The van der Waals surface area contributed by atoms with E-state index in [1.807, 2.05) is 47.3 Å². The van der Waals surface area contributed by atoms with Crippen LogP contribution in [0.5, 0.6) is 5.75 Å². The minimum atomic E-state index is 0.455. The van der Waals surface area contributed by atoms with Gasteiger partial charge in [0.2, 0.25) is 0 Å². The second-order valence-electron chi connectivity index (χ2n) is 6.28. The van der Waals surface area contributed by atoms with Crippen LogP contribution in [0.1, 0.15) is 17.5 Å². The first-order valence-corrected chi connectivity index (χ1v) is 9.13. The molecule has 27 heavy (non-hydrogen) atoms. The van der Waals surface area contributed by atoms with Crippen molar-refractivity contribution in [2.24, 2.45) is 0 Å². The summed E-state index contributed by atoms with van der Waals surface area (Å²) in [4.78, 5) is 0. The van der Waals surface area contributed by atoms with Crippen molar-refractivity contribution in [2.75, 3.05) is 13.7 Å². The number of aryl methyl sites for hydroxylation is 1. The predicted octanol–water partition coefficient (Wildman–Crippen LogP) is 3.80. The Morgan fingerprint density at radius 1 is 1.07 bits per heavy atom. The molecule has 1 heterocycles. The highest BCUT2D eigenvalue weighted by Gasteiger charge is 2.11. The molecular weight excluding hydrogens is 336 g/mol. The van der Waals surface area contributed by atoms with Gasteiger partial charge in [-0.1, -0.05) is 48.5 Å². The quantitative estimate of drug-likeness (QED) is 0.590. The van der Waals surface area contributed by atoms with E-state index < -0.39 is 0 Å². The summed E-state index contributed by atoms with van der Waals surface area (Å²) in [5.41, 5.74) is 4.40. The second-order valence-corrected chi connectivity index (χ2v) is 6.28. The van der Waals surface area contributed by atoms with Gasteiger partial charge in [0.25, 0.3) is 0 Å². The largest absolute Gasteiger partial charge is 0.496 e. The van der Waals surface area contributed by atoms with Gasteiger partial charge in [-0.05, 0) is 24.6 Å². The lowest BCUT2D eigenvalue weighted by Crippen LogP contribution is -2.17. The van der Waals surface area contributed by atoms with Crippen LogP contribution in [0.3, 0.4) is 0 Å². The number of hydrogen-bond donors (Lipinski definition) is 1. The van der Waals surface area contributed by atoms with Crippen molar-refractivity contribution in [3.05, 3.63) is 71.9 Å². The molecule has 5 nitrogen and oxygen atoms in total. The molecule has 0 aliphatic rings. The molecule has 0 atom stereocenters. The molecule has 0 radical (unpaired) electrons. The molecule has 0 saturated heterocycles. The van der Waals surface area contributed by atoms with Gasteiger partial charge in [-0.3, -0.25) is 4.68 Å². The number of nitriles is 1. The smallest absolute Gasteiger partial charge is 0.122 e. The zero-order valence-corrected chi connectivity index (χ0v) is 15.6. The summed E-state index contributed by atoms with van der Waals surface area (Å²) in [6.45, 7) is 2.18. The normalized spacial score (nSPS) is 10.5. The average molecular weight is 360 g/mol. The number of hydrogen-bond acceptors (Lipinski definition) is 4.